The van der Waals surface area contributed by atoms with Gasteiger partial charge in [-0.25, -0.2) is 0 Å². The van der Waals surface area contributed by atoms with Crippen molar-refractivity contribution in [3.8, 4) is 5.75 Å². The molecule has 0 amide bonds. The average molecular weight is 265 g/mol. The van der Waals surface area contributed by atoms with Crippen molar-refractivity contribution in [1.29, 1.82) is 0 Å². The van der Waals surface area contributed by atoms with E-state index in [0.29, 0.717) is 13.0 Å². The van der Waals surface area contributed by atoms with Gasteiger partial charge in [-0.3, -0.25) is 0 Å². The number of rotatable bonds is 6. The van der Waals surface area contributed by atoms with E-state index in [2.05, 4.69) is 32.2 Å². The summed E-state index contributed by atoms with van der Waals surface area (Å²) in [4.78, 5) is 0. The molecule has 0 saturated carbocycles. The van der Waals surface area contributed by atoms with Gasteiger partial charge in [-0.2, -0.15) is 0 Å². The molecule has 1 unspecified atom stereocenters. The fraction of sp³-hybridized carbons (Fsp3) is 0.625. The molecule has 108 valence electrons. The second-order valence-electron chi connectivity index (χ2n) is 6.39. The van der Waals surface area contributed by atoms with Crippen molar-refractivity contribution in [3.63, 3.8) is 0 Å². The summed E-state index contributed by atoms with van der Waals surface area (Å²) in [6, 6.07) is 8.00. The standard InChI is InChI=1S/C16H27NO2/c1-6-16(5,18)12-19-14-9-7-8-13(10-14)11-17-15(2,3)4/h7-10,17-18H,6,11-12H2,1-5H3. The normalized spacial score (nSPS) is 15.1. The van der Waals surface area contributed by atoms with Crippen molar-refractivity contribution < 1.29 is 9.84 Å². The molecule has 0 saturated heterocycles. The van der Waals surface area contributed by atoms with Crippen molar-refractivity contribution in [2.24, 2.45) is 0 Å². The summed E-state index contributed by atoms with van der Waals surface area (Å²) in [5.41, 5.74) is 0.520. The lowest BCUT2D eigenvalue weighted by Gasteiger charge is -2.22. The maximum absolute atomic E-state index is 9.93. The zero-order chi connectivity index (χ0) is 14.5. The van der Waals surface area contributed by atoms with Crippen LogP contribution in [-0.2, 0) is 6.54 Å². The van der Waals surface area contributed by atoms with Gasteiger partial charge in [0.25, 0.3) is 0 Å². The van der Waals surface area contributed by atoms with Crippen molar-refractivity contribution in [1.82, 2.24) is 5.32 Å². The van der Waals surface area contributed by atoms with Crippen molar-refractivity contribution in [2.45, 2.75) is 58.7 Å². The summed E-state index contributed by atoms with van der Waals surface area (Å²) in [5.74, 6) is 0.807. The second kappa shape index (κ2) is 6.40. The van der Waals surface area contributed by atoms with E-state index in [4.69, 9.17) is 4.74 Å². The average Bonchev–Trinajstić information content (AvgIpc) is 2.34. The fourth-order valence-corrected chi connectivity index (χ4v) is 1.45. The molecule has 19 heavy (non-hydrogen) atoms. The summed E-state index contributed by atoms with van der Waals surface area (Å²) in [6.45, 7) is 11.3. The number of ether oxygens (including phenoxy) is 1. The Labute approximate surface area is 117 Å². The zero-order valence-corrected chi connectivity index (χ0v) is 12.8. The van der Waals surface area contributed by atoms with Crippen LogP contribution in [0, 0.1) is 0 Å². The first kappa shape index (κ1) is 16.0. The third kappa shape index (κ3) is 6.60. The SMILES string of the molecule is CCC(C)(O)COc1cccc(CNC(C)(C)C)c1. The fourth-order valence-electron chi connectivity index (χ4n) is 1.45. The molecule has 0 aromatic heterocycles. The minimum Gasteiger partial charge on any atom is -0.491 e. The largest absolute Gasteiger partial charge is 0.491 e. The number of hydrogen-bond acceptors (Lipinski definition) is 3. The summed E-state index contributed by atoms with van der Waals surface area (Å²) in [5, 5.41) is 13.4. The first-order valence-corrected chi connectivity index (χ1v) is 6.91. The van der Waals surface area contributed by atoms with Crippen molar-refractivity contribution in [3.05, 3.63) is 29.8 Å². The molecule has 0 radical (unpaired) electrons. The highest BCUT2D eigenvalue weighted by Crippen LogP contribution is 2.17. The molecule has 3 nitrogen and oxygen atoms in total. The van der Waals surface area contributed by atoms with Gasteiger partial charge < -0.3 is 15.2 Å². The van der Waals surface area contributed by atoms with Gasteiger partial charge in [0.1, 0.15) is 12.4 Å². The van der Waals surface area contributed by atoms with Crippen LogP contribution < -0.4 is 10.1 Å². The van der Waals surface area contributed by atoms with Crippen LogP contribution in [0.1, 0.15) is 46.6 Å². The minimum absolute atomic E-state index is 0.0999. The van der Waals surface area contributed by atoms with Crippen LogP contribution in [-0.4, -0.2) is 22.9 Å². The third-order valence-corrected chi connectivity index (χ3v) is 3.03. The predicted octanol–water partition coefficient (Wildman–Crippen LogP) is 3.11. The van der Waals surface area contributed by atoms with Crippen LogP contribution >= 0.6 is 0 Å². The molecule has 0 aliphatic carbocycles. The van der Waals surface area contributed by atoms with Crippen LogP contribution in [0.4, 0.5) is 0 Å². The van der Waals surface area contributed by atoms with Crippen LogP contribution in [0.2, 0.25) is 0 Å². The first-order valence-electron chi connectivity index (χ1n) is 6.91. The Balaban J connectivity index is 2.57. The maximum atomic E-state index is 9.93. The van der Waals surface area contributed by atoms with Gasteiger partial charge in [0.15, 0.2) is 0 Å². The Morgan fingerprint density at radius 2 is 1.89 bits per heavy atom. The van der Waals surface area contributed by atoms with Gasteiger partial charge in [0, 0.05) is 12.1 Å². The van der Waals surface area contributed by atoms with Crippen LogP contribution in [0.3, 0.4) is 0 Å². The Kier molecular flexibility index (Phi) is 5.39. The van der Waals surface area contributed by atoms with E-state index in [1.165, 1.54) is 5.56 Å². The quantitative estimate of drug-likeness (QED) is 0.830. The molecule has 3 heteroatoms. The molecule has 0 heterocycles. The third-order valence-electron chi connectivity index (χ3n) is 3.03. The molecule has 2 N–H and O–H groups in total. The van der Waals surface area contributed by atoms with Crippen LogP contribution in [0.15, 0.2) is 24.3 Å². The Morgan fingerprint density at radius 3 is 2.47 bits per heavy atom. The Morgan fingerprint density at radius 1 is 1.21 bits per heavy atom. The molecule has 0 spiro atoms. The summed E-state index contributed by atoms with van der Waals surface area (Å²) < 4.78 is 5.66. The van der Waals surface area contributed by atoms with Crippen LogP contribution in [0.25, 0.3) is 0 Å². The minimum atomic E-state index is -0.764. The highest BCUT2D eigenvalue weighted by atomic mass is 16.5. The smallest absolute Gasteiger partial charge is 0.119 e. The molecule has 0 aliphatic heterocycles. The van der Waals surface area contributed by atoms with Gasteiger partial charge in [0.05, 0.1) is 5.60 Å². The maximum Gasteiger partial charge on any atom is 0.119 e. The summed E-state index contributed by atoms with van der Waals surface area (Å²) in [7, 11) is 0. The first-order chi connectivity index (χ1) is 8.72. The molecule has 0 bridgehead atoms. The van der Waals surface area contributed by atoms with Gasteiger partial charge in [-0.05, 0) is 51.8 Å². The van der Waals surface area contributed by atoms with Gasteiger partial charge in [-0.1, -0.05) is 19.1 Å². The lowest BCUT2D eigenvalue weighted by atomic mass is 10.1. The highest BCUT2D eigenvalue weighted by molar-refractivity contribution is 5.28. The molecule has 1 aromatic carbocycles. The van der Waals surface area contributed by atoms with Crippen molar-refractivity contribution >= 4 is 0 Å². The van der Waals surface area contributed by atoms with Crippen LogP contribution in [0.5, 0.6) is 5.75 Å². The molecule has 1 atom stereocenters. The number of hydrogen-bond donors (Lipinski definition) is 2. The van der Waals surface area contributed by atoms with E-state index in [-0.39, 0.29) is 5.54 Å². The Bertz CT molecular complexity index is 394. The molecule has 1 rings (SSSR count). The molecular weight excluding hydrogens is 238 g/mol. The molecule has 0 aliphatic rings. The Hall–Kier alpha value is -1.06. The van der Waals surface area contributed by atoms with E-state index < -0.39 is 5.60 Å². The second-order valence-corrected chi connectivity index (χ2v) is 6.39. The van der Waals surface area contributed by atoms with Gasteiger partial charge in [-0.15, -0.1) is 0 Å². The van der Waals surface area contributed by atoms with E-state index in [9.17, 15) is 5.11 Å². The number of nitrogens with one attached hydrogen (secondary N) is 1. The van der Waals surface area contributed by atoms with Crippen molar-refractivity contribution in [2.75, 3.05) is 6.61 Å². The zero-order valence-electron chi connectivity index (χ0n) is 12.8. The highest BCUT2D eigenvalue weighted by Gasteiger charge is 2.18. The van der Waals surface area contributed by atoms with E-state index in [1.54, 1.807) is 6.92 Å². The topological polar surface area (TPSA) is 41.5 Å². The van der Waals surface area contributed by atoms with Gasteiger partial charge >= 0.3 is 0 Å². The number of aliphatic hydroxyl groups is 1. The van der Waals surface area contributed by atoms with Gasteiger partial charge in [0.2, 0.25) is 0 Å². The number of benzene rings is 1. The lowest BCUT2D eigenvalue weighted by Crippen LogP contribution is -2.35. The molecule has 0 fully saturated rings. The van der Waals surface area contributed by atoms with E-state index >= 15 is 0 Å². The molecular formula is C16H27NO2. The van der Waals surface area contributed by atoms with E-state index in [0.717, 1.165) is 12.3 Å². The van der Waals surface area contributed by atoms with E-state index in [1.807, 2.05) is 25.1 Å². The summed E-state index contributed by atoms with van der Waals surface area (Å²) in [6.07, 6.45) is 0.679. The summed E-state index contributed by atoms with van der Waals surface area (Å²) >= 11 is 0. The predicted molar refractivity (Wildman–Crippen MR) is 79.4 cm³/mol. The lowest BCUT2D eigenvalue weighted by molar-refractivity contribution is 0.00844. The molecule has 1 aromatic rings. The monoisotopic (exact) mass is 265 g/mol.